The lowest BCUT2D eigenvalue weighted by molar-refractivity contribution is 0.321. The zero-order valence-corrected chi connectivity index (χ0v) is 12.1. The van der Waals surface area contributed by atoms with Crippen molar-refractivity contribution in [2.75, 3.05) is 26.2 Å². The van der Waals surface area contributed by atoms with Crippen LogP contribution < -0.4 is 15.4 Å². The second kappa shape index (κ2) is 8.88. The Morgan fingerprint density at radius 1 is 1.21 bits per heavy atom. The molecule has 1 rings (SSSR count). The normalized spacial score (nSPS) is 11.0. The summed E-state index contributed by atoms with van der Waals surface area (Å²) in [4.78, 5) is 0. The van der Waals surface area contributed by atoms with E-state index in [1.807, 2.05) is 13.0 Å². The van der Waals surface area contributed by atoms with Crippen molar-refractivity contribution in [3.63, 3.8) is 0 Å². The van der Waals surface area contributed by atoms with Gasteiger partial charge in [-0.15, -0.1) is 0 Å². The quantitative estimate of drug-likeness (QED) is 0.675. The summed E-state index contributed by atoms with van der Waals surface area (Å²) in [5.41, 5.74) is 0.991. The summed E-state index contributed by atoms with van der Waals surface area (Å²) < 4.78 is 18.8. The molecule has 4 heteroatoms. The van der Waals surface area contributed by atoms with E-state index >= 15 is 0 Å². The molecule has 0 atom stereocenters. The van der Waals surface area contributed by atoms with Crippen LogP contribution in [0.3, 0.4) is 0 Å². The summed E-state index contributed by atoms with van der Waals surface area (Å²) in [5.74, 6) is 0.0566. The molecule has 0 bridgehead atoms. The Bertz CT molecular complexity index is 369. The van der Waals surface area contributed by atoms with Crippen LogP contribution in [0.5, 0.6) is 5.75 Å². The van der Waals surface area contributed by atoms with Gasteiger partial charge in [0.15, 0.2) is 11.6 Å². The number of halogens is 1. The maximum absolute atomic E-state index is 13.6. The smallest absolute Gasteiger partial charge is 0.165 e. The number of rotatable bonds is 9. The average Bonchev–Trinajstić information content (AvgIpc) is 2.36. The molecule has 19 heavy (non-hydrogen) atoms. The second-order valence-electron chi connectivity index (χ2n) is 4.81. The van der Waals surface area contributed by atoms with Gasteiger partial charge >= 0.3 is 0 Å². The molecular formula is C15H25FN2O. The highest BCUT2D eigenvalue weighted by molar-refractivity contribution is 5.29. The monoisotopic (exact) mass is 268 g/mol. The van der Waals surface area contributed by atoms with Crippen LogP contribution in [-0.2, 0) is 6.42 Å². The van der Waals surface area contributed by atoms with E-state index < -0.39 is 0 Å². The molecule has 0 heterocycles. The second-order valence-corrected chi connectivity index (χ2v) is 4.81. The number of ether oxygens (including phenoxy) is 1. The minimum atomic E-state index is -0.277. The van der Waals surface area contributed by atoms with Gasteiger partial charge in [0.05, 0.1) is 6.61 Å². The zero-order chi connectivity index (χ0) is 14.1. The Labute approximate surface area is 115 Å². The standard InChI is InChI=1S/C15H25FN2O/c1-4-19-15-6-5-13(11-14(15)16)7-8-17-9-10-18-12(2)3/h5-6,11-12,17-18H,4,7-10H2,1-3H3. The van der Waals surface area contributed by atoms with Crippen molar-refractivity contribution < 1.29 is 9.13 Å². The molecule has 108 valence electrons. The molecule has 0 aliphatic heterocycles. The summed E-state index contributed by atoms with van der Waals surface area (Å²) in [7, 11) is 0. The largest absolute Gasteiger partial charge is 0.491 e. The minimum Gasteiger partial charge on any atom is -0.491 e. The third-order valence-electron chi connectivity index (χ3n) is 2.74. The lowest BCUT2D eigenvalue weighted by Gasteiger charge is -2.09. The summed E-state index contributed by atoms with van der Waals surface area (Å²) in [5, 5.41) is 6.67. The number of nitrogens with one attached hydrogen (secondary N) is 2. The third kappa shape index (κ3) is 6.55. The van der Waals surface area contributed by atoms with Crippen molar-refractivity contribution in [2.24, 2.45) is 0 Å². The van der Waals surface area contributed by atoms with Gasteiger partial charge in [-0.3, -0.25) is 0 Å². The molecule has 0 aliphatic carbocycles. The van der Waals surface area contributed by atoms with Gasteiger partial charge in [-0.05, 0) is 37.6 Å². The number of benzene rings is 1. The molecule has 0 unspecified atom stereocenters. The van der Waals surface area contributed by atoms with Crippen molar-refractivity contribution in [3.8, 4) is 5.75 Å². The van der Waals surface area contributed by atoms with Gasteiger partial charge in [0.1, 0.15) is 0 Å². The van der Waals surface area contributed by atoms with Crippen molar-refractivity contribution in [2.45, 2.75) is 33.2 Å². The van der Waals surface area contributed by atoms with Crippen LogP contribution in [0.25, 0.3) is 0 Å². The maximum atomic E-state index is 13.6. The van der Waals surface area contributed by atoms with Crippen LogP contribution in [0.1, 0.15) is 26.3 Å². The first-order valence-corrected chi connectivity index (χ1v) is 6.98. The van der Waals surface area contributed by atoms with Gasteiger partial charge in [0.2, 0.25) is 0 Å². The highest BCUT2D eigenvalue weighted by Gasteiger charge is 2.03. The molecular weight excluding hydrogens is 243 g/mol. The van der Waals surface area contributed by atoms with Gasteiger partial charge < -0.3 is 15.4 Å². The van der Waals surface area contributed by atoms with E-state index in [9.17, 15) is 4.39 Å². The van der Waals surface area contributed by atoms with Crippen molar-refractivity contribution in [1.82, 2.24) is 10.6 Å². The van der Waals surface area contributed by atoms with E-state index in [-0.39, 0.29) is 5.82 Å². The molecule has 0 aromatic heterocycles. The maximum Gasteiger partial charge on any atom is 0.165 e. The molecule has 1 aromatic carbocycles. The van der Waals surface area contributed by atoms with Crippen molar-refractivity contribution in [3.05, 3.63) is 29.6 Å². The summed E-state index contributed by atoms with van der Waals surface area (Å²) >= 11 is 0. The Balaban J connectivity index is 2.24. The summed E-state index contributed by atoms with van der Waals surface area (Å²) in [6.07, 6.45) is 0.824. The molecule has 0 radical (unpaired) electrons. The van der Waals surface area contributed by atoms with Gasteiger partial charge in [-0.25, -0.2) is 4.39 Å². The summed E-state index contributed by atoms with van der Waals surface area (Å²) in [6.45, 7) is 9.33. The van der Waals surface area contributed by atoms with E-state index in [1.54, 1.807) is 12.1 Å². The van der Waals surface area contributed by atoms with Crippen LogP contribution in [-0.4, -0.2) is 32.3 Å². The van der Waals surface area contributed by atoms with E-state index in [4.69, 9.17) is 4.74 Å². The lowest BCUT2D eigenvalue weighted by atomic mass is 10.1. The lowest BCUT2D eigenvalue weighted by Crippen LogP contribution is -2.32. The molecule has 0 fully saturated rings. The van der Waals surface area contributed by atoms with Crippen LogP contribution in [0, 0.1) is 5.82 Å². The first kappa shape index (κ1) is 15.9. The summed E-state index contributed by atoms with van der Waals surface area (Å²) in [6, 6.07) is 5.69. The Morgan fingerprint density at radius 2 is 2.00 bits per heavy atom. The first-order chi connectivity index (χ1) is 9.13. The van der Waals surface area contributed by atoms with E-state index in [1.165, 1.54) is 0 Å². The molecule has 0 saturated carbocycles. The number of hydrogen-bond donors (Lipinski definition) is 2. The SMILES string of the molecule is CCOc1ccc(CCNCCNC(C)C)cc1F. The molecule has 0 saturated heterocycles. The first-order valence-electron chi connectivity index (χ1n) is 6.98. The number of hydrogen-bond acceptors (Lipinski definition) is 3. The Kier molecular flexibility index (Phi) is 7.45. The van der Waals surface area contributed by atoms with Gasteiger partial charge in [0.25, 0.3) is 0 Å². The van der Waals surface area contributed by atoms with E-state index in [0.717, 1.165) is 31.6 Å². The van der Waals surface area contributed by atoms with Crippen LogP contribution in [0.2, 0.25) is 0 Å². The molecule has 2 N–H and O–H groups in total. The fourth-order valence-electron chi connectivity index (χ4n) is 1.78. The Hall–Kier alpha value is -1.13. The van der Waals surface area contributed by atoms with Crippen LogP contribution in [0.4, 0.5) is 4.39 Å². The predicted octanol–water partition coefficient (Wildman–Crippen LogP) is 2.35. The molecule has 3 nitrogen and oxygen atoms in total. The fourth-order valence-corrected chi connectivity index (χ4v) is 1.78. The van der Waals surface area contributed by atoms with Crippen LogP contribution >= 0.6 is 0 Å². The third-order valence-corrected chi connectivity index (χ3v) is 2.74. The Morgan fingerprint density at radius 3 is 2.63 bits per heavy atom. The zero-order valence-electron chi connectivity index (χ0n) is 12.1. The average molecular weight is 268 g/mol. The topological polar surface area (TPSA) is 33.3 Å². The van der Waals surface area contributed by atoms with Gasteiger partial charge in [0, 0.05) is 19.1 Å². The van der Waals surface area contributed by atoms with Crippen molar-refractivity contribution >= 4 is 0 Å². The predicted molar refractivity (Wildman–Crippen MR) is 77.3 cm³/mol. The molecule has 0 spiro atoms. The molecule has 0 amide bonds. The highest BCUT2D eigenvalue weighted by Crippen LogP contribution is 2.18. The fraction of sp³-hybridized carbons (Fsp3) is 0.600. The molecule has 1 aromatic rings. The highest BCUT2D eigenvalue weighted by atomic mass is 19.1. The van der Waals surface area contributed by atoms with Gasteiger partial charge in [-0.2, -0.15) is 0 Å². The van der Waals surface area contributed by atoms with E-state index in [2.05, 4.69) is 24.5 Å². The van der Waals surface area contributed by atoms with Gasteiger partial charge in [-0.1, -0.05) is 19.9 Å². The van der Waals surface area contributed by atoms with Crippen molar-refractivity contribution in [1.29, 1.82) is 0 Å². The van der Waals surface area contributed by atoms with Crippen LogP contribution in [0.15, 0.2) is 18.2 Å². The van der Waals surface area contributed by atoms with E-state index in [0.29, 0.717) is 18.4 Å². The minimum absolute atomic E-state index is 0.277. The molecule has 0 aliphatic rings.